The summed E-state index contributed by atoms with van der Waals surface area (Å²) in [5, 5.41) is 14.1. The number of carbonyl (C=O) groups is 2. The van der Waals surface area contributed by atoms with Gasteiger partial charge in [0.2, 0.25) is 11.7 Å². The highest BCUT2D eigenvalue weighted by Crippen LogP contribution is 2.30. The second-order valence-corrected chi connectivity index (χ2v) is 6.75. The summed E-state index contributed by atoms with van der Waals surface area (Å²) in [6.07, 6.45) is 0. The normalized spacial score (nSPS) is 11.3. The van der Waals surface area contributed by atoms with Gasteiger partial charge in [-0.2, -0.15) is 0 Å². The third-order valence-corrected chi connectivity index (χ3v) is 4.64. The molecule has 0 unspecified atom stereocenters. The Balaban J connectivity index is 2.16. The Morgan fingerprint density at radius 1 is 1.23 bits per heavy atom. The molecule has 10 heteroatoms. The summed E-state index contributed by atoms with van der Waals surface area (Å²) in [6, 6.07) is 10.1. The van der Waals surface area contributed by atoms with Gasteiger partial charge >= 0.3 is 5.69 Å². The predicted octanol–water partition coefficient (Wildman–Crippen LogP) is 2.80. The molecule has 160 valence electrons. The Kier molecular flexibility index (Phi) is 7.99. The van der Waals surface area contributed by atoms with Crippen LogP contribution in [0.1, 0.15) is 12.5 Å². The third-order valence-electron chi connectivity index (χ3n) is 4.39. The Labute approximate surface area is 178 Å². The summed E-state index contributed by atoms with van der Waals surface area (Å²) < 4.78 is 10.5. The second-order valence-electron chi connectivity index (χ2n) is 6.32. The number of methoxy groups -OCH3 is 1. The van der Waals surface area contributed by atoms with Gasteiger partial charge in [0.25, 0.3) is 5.91 Å². The number of nitrogens with zero attached hydrogens (tertiary/aromatic N) is 2. The van der Waals surface area contributed by atoms with Crippen LogP contribution in [0.3, 0.4) is 0 Å². The van der Waals surface area contributed by atoms with Gasteiger partial charge in [-0.05, 0) is 30.7 Å². The lowest BCUT2D eigenvalue weighted by atomic mass is 10.1. The van der Waals surface area contributed by atoms with Crippen molar-refractivity contribution in [1.82, 2.24) is 10.2 Å². The fraction of sp³-hybridized carbons (Fsp3) is 0.300. The molecule has 0 fully saturated rings. The molecule has 1 atom stereocenters. The summed E-state index contributed by atoms with van der Waals surface area (Å²) >= 11 is 5.90. The van der Waals surface area contributed by atoms with Gasteiger partial charge in [-0.3, -0.25) is 19.7 Å². The number of nitro benzene ring substituents is 1. The van der Waals surface area contributed by atoms with Crippen molar-refractivity contribution in [2.45, 2.75) is 19.5 Å². The number of nitrogens with one attached hydrogen (secondary N) is 1. The van der Waals surface area contributed by atoms with E-state index in [-0.39, 0.29) is 36.2 Å². The van der Waals surface area contributed by atoms with Crippen molar-refractivity contribution in [3.8, 4) is 11.5 Å². The number of amides is 2. The number of likely N-dealkylation sites (N-methyl/N-ethyl adjacent to an activating group) is 1. The molecule has 2 amide bonds. The van der Waals surface area contributed by atoms with Crippen LogP contribution in [0.25, 0.3) is 0 Å². The van der Waals surface area contributed by atoms with Gasteiger partial charge in [-0.1, -0.05) is 23.7 Å². The molecular weight excluding hydrogens is 414 g/mol. The quantitative estimate of drug-likeness (QED) is 0.479. The van der Waals surface area contributed by atoms with Gasteiger partial charge in [-0.15, -0.1) is 0 Å². The van der Waals surface area contributed by atoms with Crippen LogP contribution < -0.4 is 14.8 Å². The fourth-order valence-corrected chi connectivity index (χ4v) is 2.83. The van der Waals surface area contributed by atoms with Crippen LogP contribution >= 0.6 is 11.6 Å². The number of benzene rings is 2. The van der Waals surface area contributed by atoms with Crippen LogP contribution in [0, 0.1) is 10.1 Å². The third kappa shape index (κ3) is 5.84. The average Bonchev–Trinajstić information content (AvgIpc) is 2.75. The number of nitro groups is 1. The zero-order valence-electron chi connectivity index (χ0n) is 16.8. The van der Waals surface area contributed by atoms with Crippen LogP contribution in [0.5, 0.6) is 11.5 Å². The van der Waals surface area contributed by atoms with E-state index in [0.29, 0.717) is 5.02 Å². The molecule has 0 aromatic heterocycles. The number of halogens is 1. The molecule has 2 aromatic carbocycles. The average molecular weight is 436 g/mol. The van der Waals surface area contributed by atoms with Crippen molar-refractivity contribution in [3.05, 3.63) is 63.2 Å². The van der Waals surface area contributed by atoms with E-state index in [1.807, 2.05) is 0 Å². The molecule has 2 aromatic rings. The Morgan fingerprint density at radius 2 is 1.90 bits per heavy atom. The summed E-state index contributed by atoms with van der Waals surface area (Å²) in [5.41, 5.74) is 0.578. The molecule has 2 rings (SSSR count). The zero-order valence-corrected chi connectivity index (χ0v) is 17.5. The summed E-state index contributed by atoms with van der Waals surface area (Å²) in [5.74, 6) is -0.515. The molecular formula is C20H22ClN3O6. The van der Waals surface area contributed by atoms with Crippen molar-refractivity contribution in [3.63, 3.8) is 0 Å². The zero-order chi connectivity index (χ0) is 22.3. The topological polar surface area (TPSA) is 111 Å². The highest BCUT2D eigenvalue weighted by molar-refractivity contribution is 6.30. The standard InChI is InChI=1S/C20H22ClN3O6/c1-13(20(26)22-2)23(11-14-4-6-15(21)7-5-14)19(25)12-30-16-8-9-17(24(27)28)18(10-16)29-3/h4-10,13H,11-12H2,1-3H3,(H,22,26)/t13-/m0/s1. The minimum atomic E-state index is -0.742. The first kappa shape index (κ1) is 23.0. The summed E-state index contributed by atoms with van der Waals surface area (Å²) in [4.78, 5) is 36.7. The molecule has 0 heterocycles. The largest absolute Gasteiger partial charge is 0.490 e. The lowest BCUT2D eigenvalue weighted by molar-refractivity contribution is -0.385. The first-order valence-electron chi connectivity index (χ1n) is 8.97. The fourth-order valence-electron chi connectivity index (χ4n) is 2.70. The number of carbonyl (C=O) groups excluding carboxylic acids is 2. The van der Waals surface area contributed by atoms with E-state index < -0.39 is 16.9 Å². The van der Waals surface area contributed by atoms with E-state index in [4.69, 9.17) is 21.1 Å². The molecule has 1 N–H and O–H groups in total. The van der Waals surface area contributed by atoms with Crippen molar-refractivity contribution in [2.24, 2.45) is 0 Å². The molecule has 0 bridgehead atoms. The Morgan fingerprint density at radius 3 is 2.47 bits per heavy atom. The van der Waals surface area contributed by atoms with Gasteiger partial charge in [0.1, 0.15) is 11.8 Å². The predicted molar refractivity (Wildman–Crippen MR) is 111 cm³/mol. The maximum atomic E-state index is 12.8. The number of hydrogen-bond acceptors (Lipinski definition) is 6. The van der Waals surface area contributed by atoms with Crippen molar-refractivity contribution >= 4 is 29.1 Å². The van der Waals surface area contributed by atoms with E-state index in [9.17, 15) is 19.7 Å². The lowest BCUT2D eigenvalue weighted by Crippen LogP contribution is -2.48. The molecule has 9 nitrogen and oxygen atoms in total. The number of ether oxygens (including phenoxy) is 2. The van der Waals surface area contributed by atoms with Crippen molar-refractivity contribution < 1.29 is 24.0 Å². The van der Waals surface area contributed by atoms with E-state index in [1.165, 1.54) is 37.3 Å². The van der Waals surface area contributed by atoms with Gasteiger partial charge < -0.3 is 19.7 Å². The SMILES string of the molecule is CNC(=O)[C@H](C)N(Cc1ccc(Cl)cc1)C(=O)COc1ccc([N+](=O)[O-])c(OC)c1. The second kappa shape index (κ2) is 10.4. The Hall–Kier alpha value is -3.33. The molecule has 0 spiro atoms. The van der Waals surface area contributed by atoms with Crippen LogP contribution in [-0.4, -0.2) is 48.4 Å². The minimum Gasteiger partial charge on any atom is -0.490 e. The molecule has 0 aliphatic carbocycles. The van der Waals surface area contributed by atoms with E-state index >= 15 is 0 Å². The van der Waals surface area contributed by atoms with Gasteiger partial charge in [0, 0.05) is 30.7 Å². The maximum Gasteiger partial charge on any atom is 0.311 e. The maximum absolute atomic E-state index is 12.8. The lowest BCUT2D eigenvalue weighted by Gasteiger charge is -2.28. The van der Waals surface area contributed by atoms with Crippen LogP contribution in [0.15, 0.2) is 42.5 Å². The highest BCUT2D eigenvalue weighted by Gasteiger charge is 2.26. The van der Waals surface area contributed by atoms with E-state index in [1.54, 1.807) is 31.2 Å². The van der Waals surface area contributed by atoms with Gasteiger partial charge in [-0.25, -0.2) is 0 Å². The monoisotopic (exact) mass is 435 g/mol. The summed E-state index contributed by atoms with van der Waals surface area (Å²) in [6.45, 7) is 1.43. The van der Waals surface area contributed by atoms with Crippen molar-refractivity contribution in [2.75, 3.05) is 20.8 Å². The minimum absolute atomic E-state index is 0.0155. The van der Waals surface area contributed by atoms with Crippen LogP contribution in [0.2, 0.25) is 5.02 Å². The number of rotatable bonds is 9. The highest BCUT2D eigenvalue weighted by atomic mass is 35.5. The first-order valence-corrected chi connectivity index (χ1v) is 9.35. The molecule has 0 aliphatic rings. The molecule has 0 saturated heterocycles. The Bertz CT molecular complexity index is 919. The summed E-state index contributed by atoms with van der Waals surface area (Å²) in [7, 11) is 2.79. The van der Waals surface area contributed by atoms with Crippen LogP contribution in [0.4, 0.5) is 5.69 Å². The van der Waals surface area contributed by atoms with E-state index in [0.717, 1.165) is 5.56 Å². The molecule has 0 aliphatic heterocycles. The number of hydrogen-bond donors (Lipinski definition) is 1. The smallest absolute Gasteiger partial charge is 0.311 e. The van der Waals surface area contributed by atoms with Gasteiger partial charge in [0.15, 0.2) is 6.61 Å². The molecule has 30 heavy (non-hydrogen) atoms. The van der Waals surface area contributed by atoms with E-state index in [2.05, 4.69) is 5.32 Å². The molecule has 0 radical (unpaired) electrons. The molecule has 0 saturated carbocycles. The first-order chi connectivity index (χ1) is 14.3. The van der Waals surface area contributed by atoms with Crippen molar-refractivity contribution in [1.29, 1.82) is 0 Å². The van der Waals surface area contributed by atoms with Crippen LogP contribution in [-0.2, 0) is 16.1 Å². The van der Waals surface area contributed by atoms with Gasteiger partial charge in [0.05, 0.1) is 12.0 Å².